The fourth-order valence-electron chi connectivity index (χ4n) is 1.54. The highest BCUT2D eigenvalue weighted by molar-refractivity contribution is 5.99. The minimum absolute atomic E-state index is 0.173. The maximum atomic E-state index is 12.0. The Balaban J connectivity index is 2.71. The fraction of sp³-hybridized carbons (Fsp3) is 0.467. The van der Waals surface area contributed by atoms with Crippen LogP contribution in [0.4, 0.5) is 0 Å². The van der Waals surface area contributed by atoms with E-state index >= 15 is 0 Å². The van der Waals surface area contributed by atoms with Gasteiger partial charge in [0.05, 0.1) is 6.10 Å². The summed E-state index contributed by atoms with van der Waals surface area (Å²) in [7, 11) is 1.54. The standard InChI is InChI=1S/C15H22N2O3/c1-15(2,3)12(18)9-17-14(20)11-7-5-6-10(8-11)13(19)16-4/h5-8,12,18H,9H2,1-4H3,(H,16,19)(H,17,20). The van der Waals surface area contributed by atoms with Crippen LogP contribution < -0.4 is 10.6 Å². The van der Waals surface area contributed by atoms with E-state index in [0.29, 0.717) is 11.1 Å². The van der Waals surface area contributed by atoms with Gasteiger partial charge in [0.2, 0.25) is 0 Å². The molecule has 2 amide bonds. The zero-order chi connectivity index (χ0) is 15.3. The Morgan fingerprint density at radius 2 is 1.75 bits per heavy atom. The van der Waals surface area contributed by atoms with Crippen molar-refractivity contribution < 1.29 is 14.7 Å². The first-order valence-corrected chi connectivity index (χ1v) is 6.54. The van der Waals surface area contributed by atoms with Gasteiger partial charge in [0.1, 0.15) is 0 Å². The molecule has 5 nitrogen and oxygen atoms in total. The summed E-state index contributed by atoms with van der Waals surface area (Å²) in [6.45, 7) is 5.87. The number of aliphatic hydroxyl groups excluding tert-OH is 1. The van der Waals surface area contributed by atoms with Gasteiger partial charge in [-0.2, -0.15) is 0 Å². The molecule has 0 aromatic heterocycles. The Kier molecular flexibility index (Phi) is 5.27. The molecule has 5 heteroatoms. The predicted octanol–water partition coefficient (Wildman–Crippen LogP) is 1.18. The first kappa shape index (κ1) is 16.2. The maximum absolute atomic E-state index is 12.0. The zero-order valence-electron chi connectivity index (χ0n) is 12.4. The van der Waals surface area contributed by atoms with Gasteiger partial charge in [-0.15, -0.1) is 0 Å². The van der Waals surface area contributed by atoms with Crippen LogP contribution in [-0.4, -0.2) is 36.6 Å². The number of carbonyl (C=O) groups excluding carboxylic acids is 2. The average molecular weight is 278 g/mol. The van der Waals surface area contributed by atoms with Crippen LogP contribution in [-0.2, 0) is 0 Å². The van der Waals surface area contributed by atoms with E-state index in [2.05, 4.69) is 10.6 Å². The summed E-state index contributed by atoms with van der Waals surface area (Å²) in [5.74, 6) is -0.548. The van der Waals surface area contributed by atoms with Crippen LogP contribution >= 0.6 is 0 Å². The van der Waals surface area contributed by atoms with E-state index in [0.717, 1.165) is 0 Å². The summed E-state index contributed by atoms with van der Waals surface area (Å²) >= 11 is 0. The van der Waals surface area contributed by atoms with Crippen LogP contribution in [0, 0.1) is 5.41 Å². The van der Waals surface area contributed by atoms with Crippen molar-refractivity contribution in [3.8, 4) is 0 Å². The van der Waals surface area contributed by atoms with Gasteiger partial charge in [-0.1, -0.05) is 26.8 Å². The van der Waals surface area contributed by atoms with Crippen LogP contribution in [0.25, 0.3) is 0 Å². The molecular formula is C15H22N2O3. The van der Waals surface area contributed by atoms with E-state index in [-0.39, 0.29) is 23.8 Å². The molecule has 110 valence electrons. The predicted molar refractivity (Wildman–Crippen MR) is 77.6 cm³/mol. The van der Waals surface area contributed by atoms with Crippen molar-refractivity contribution in [3.63, 3.8) is 0 Å². The van der Waals surface area contributed by atoms with Crippen LogP contribution in [0.1, 0.15) is 41.5 Å². The number of aliphatic hydroxyl groups is 1. The van der Waals surface area contributed by atoms with Crippen LogP contribution in [0.3, 0.4) is 0 Å². The summed E-state index contributed by atoms with van der Waals surface area (Å²) in [5.41, 5.74) is 0.528. The fourth-order valence-corrected chi connectivity index (χ4v) is 1.54. The van der Waals surface area contributed by atoms with Gasteiger partial charge in [0.25, 0.3) is 11.8 Å². The lowest BCUT2D eigenvalue weighted by Crippen LogP contribution is -2.39. The van der Waals surface area contributed by atoms with Crippen LogP contribution in [0.2, 0.25) is 0 Å². The maximum Gasteiger partial charge on any atom is 0.251 e. The highest BCUT2D eigenvalue weighted by atomic mass is 16.3. The average Bonchev–Trinajstić information content (AvgIpc) is 2.42. The highest BCUT2D eigenvalue weighted by Gasteiger charge is 2.22. The largest absolute Gasteiger partial charge is 0.391 e. The van der Waals surface area contributed by atoms with Crippen LogP contribution in [0.5, 0.6) is 0 Å². The SMILES string of the molecule is CNC(=O)c1cccc(C(=O)NCC(O)C(C)(C)C)c1. The monoisotopic (exact) mass is 278 g/mol. The molecule has 0 bridgehead atoms. The molecule has 0 saturated heterocycles. The number of nitrogens with one attached hydrogen (secondary N) is 2. The number of carbonyl (C=O) groups is 2. The van der Waals surface area contributed by atoms with E-state index in [1.54, 1.807) is 18.2 Å². The zero-order valence-corrected chi connectivity index (χ0v) is 12.4. The molecule has 0 heterocycles. The Bertz CT molecular complexity index is 492. The second-order valence-corrected chi connectivity index (χ2v) is 5.75. The Hall–Kier alpha value is -1.88. The lowest BCUT2D eigenvalue weighted by Gasteiger charge is -2.25. The molecule has 1 aromatic carbocycles. The number of benzene rings is 1. The highest BCUT2D eigenvalue weighted by Crippen LogP contribution is 2.18. The van der Waals surface area contributed by atoms with Crippen molar-refractivity contribution in [2.45, 2.75) is 26.9 Å². The molecule has 1 aromatic rings. The molecule has 1 unspecified atom stereocenters. The van der Waals surface area contributed by atoms with Crippen molar-refractivity contribution in [2.75, 3.05) is 13.6 Å². The first-order valence-electron chi connectivity index (χ1n) is 6.54. The van der Waals surface area contributed by atoms with Crippen molar-refractivity contribution in [1.29, 1.82) is 0 Å². The topological polar surface area (TPSA) is 78.4 Å². The van der Waals surface area contributed by atoms with Gasteiger partial charge >= 0.3 is 0 Å². The molecule has 20 heavy (non-hydrogen) atoms. The van der Waals surface area contributed by atoms with Crippen molar-refractivity contribution in [2.24, 2.45) is 5.41 Å². The van der Waals surface area contributed by atoms with Gasteiger partial charge in [0, 0.05) is 24.7 Å². The van der Waals surface area contributed by atoms with E-state index in [1.807, 2.05) is 20.8 Å². The number of hydrogen-bond acceptors (Lipinski definition) is 3. The number of rotatable bonds is 4. The lowest BCUT2D eigenvalue weighted by atomic mass is 9.89. The van der Waals surface area contributed by atoms with Gasteiger partial charge in [-0.05, 0) is 23.6 Å². The first-order chi connectivity index (χ1) is 9.25. The number of amides is 2. The Morgan fingerprint density at radius 3 is 2.25 bits per heavy atom. The molecule has 0 aliphatic carbocycles. The second kappa shape index (κ2) is 6.52. The van der Waals surface area contributed by atoms with E-state index in [4.69, 9.17) is 0 Å². The van der Waals surface area contributed by atoms with E-state index < -0.39 is 6.10 Å². The minimum atomic E-state index is -0.631. The van der Waals surface area contributed by atoms with Crippen molar-refractivity contribution in [3.05, 3.63) is 35.4 Å². The third kappa shape index (κ3) is 4.35. The molecule has 3 N–H and O–H groups in total. The summed E-state index contributed by atoms with van der Waals surface area (Å²) in [4.78, 5) is 23.5. The summed E-state index contributed by atoms with van der Waals surface area (Å²) < 4.78 is 0. The third-order valence-corrected chi connectivity index (χ3v) is 3.07. The summed E-state index contributed by atoms with van der Waals surface area (Å²) in [6, 6.07) is 6.45. The minimum Gasteiger partial charge on any atom is -0.391 e. The molecule has 1 atom stereocenters. The van der Waals surface area contributed by atoms with Crippen LogP contribution in [0.15, 0.2) is 24.3 Å². The van der Waals surface area contributed by atoms with Gasteiger partial charge in [-0.3, -0.25) is 9.59 Å². The van der Waals surface area contributed by atoms with E-state index in [1.165, 1.54) is 13.1 Å². The number of hydrogen-bond donors (Lipinski definition) is 3. The third-order valence-electron chi connectivity index (χ3n) is 3.07. The quantitative estimate of drug-likeness (QED) is 0.774. The van der Waals surface area contributed by atoms with Gasteiger partial charge in [0.15, 0.2) is 0 Å². The molecular weight excluding hydrogens is 256 g/mol. The molecule has 0 aliphatic rings. The Morgan fingerprint density at radius 1 is 1.20 bits per heavy atom. The molecule has 0 radical (unpaired) electrons. The molecule has 0 fully saturated rings. The smallest absolute Gasteiger partial charge is 0.251 e. The second-order valence-electron chi connectivity index (χ2n) is 5.75. The van der Waals surface area contributed by atoms with Crippen molar-refractivity contribution in [1.82, 2.24) is 10.6 Å². The summed E-state index contributed by atoms with van der Waals surface area (Å²) in [5, 5.41) is 15.1. The lowest BCUT2D eigenvalue weighted by molar-refractivity contribution is 0.0587. The van der Waals surface area contributed by atoms with Gasteiger partial charge in [-0.25, -0.2) is 0 Å². The summed E-state index contributed by atoms with van der Waals surface area (Å²) in [6.07, 6.45) is -0.631. The Labute approximate surface area is 119 Å². The van der Waals surface area contributed by atoms with Crippen molar-refractivity contribution >= 4 is 11.8 Å². The molecule has 0 spiro atoms. The van der Waals surface area contributed by atoms with Gasteiger partial charge < -0.3 is 15.7 Å². The molecule has 1 rings (SSSR count). The molecule has 0 saturated carbocycles. The van der Waals surface area contributed by atoms with E-state index in [9.17, 15) is 14.7 Å². The molecule has 0 aliphatic heterocycles. The normalized spacial score (nSPS) is 12.7.